The van der Waals surface area contributed by atoms with Crippen molar-refractivity contribution in [3.05, 3.63) is 101 Å². The van der Waals surface area contributed by atoms with E-state index in [1.807, 2.05) is 60.7 Å². The summed E-state index contributed by atoms with van der Waals surface area (Å²) in [5, 5.41) is 0. The number of hydrogen-bond acceptors (Lipinski definition) is 3. The summed E-state index contributed by atoms with van der Waals surface area (Å²) in [4.78, 5) is 32.2. The lowest BCUT2D eigenvalue weighted by molar-refractivity contribution is -0.123. The smallest absolute Gasteiger partial charge is 0.255 e. The monoisotopic (exact) mass is 371 g/mol. The summed E-state index contributed by atoms with van der Waals surface area (Å²) >= 11 is 0. The Hall–Kier alpha value is -3.47. The Morgan fingerprint density at radius 1 is 0.964 bits per heavy atom. The van der Waals surface area contributed by atoms with Gasteiger partial charge in [0.1, 0.15) is 6.04 Å². The highest BCUT2D eigenvalue weighted by atomic mass is 16.2. The fraction of sp³-hybridized carbons (Fsp3) is 0.174. The first kappa shape index (κ1) is 17.9. The molecule has 4 rings (SSSR count). The van der Waals surface area contributed by atoms with E-state index in [1.165, 1.54) is 0 Å². The van der Waals surface area contributed by atoms with Crippen LogP contribution in [0.5, 0.6) is 0 Å². The highest BCUT2D eigenvalue weighted by Crippen LogP contribution is 2.40. The Balaban J connectivity index is 1.84. The molecule has 2 atom stereocenters. The molecule has 1 aromatic heterocycles. The van der Waals surface area contributed by atoms with Crippen LogP contribution in [0.2, 0.25) is 0 Å². The van der Waals surface area contributed by atoms with E-state index in [9.17, 15) is 9.59 Å². The Morgan fingerprint density at radius 3 is 2.32 bits per heavy atom. The molecule has 0 saturated carbocycles. The van der Waals surface area contributed by atoms with Crippen LogP contribution in [0.25, 0.3) is 0 Å². The van der Waals surface area contributed by atoms with Gasteiger partial charge < -0.3 is 10.6 Å². The van der Waals surface area contributed by atoms with Crippen molar-refractivity contribution in [2.75, 3.05) is 0 Å². The van der Waals surface area contributed by atoms with Gasteiger partial charge in [-0.15, -0.1) is 0 Å². The van der Waals surface area contributed by atoms with Crippen LogP contribution in [0.1, 0.15) is 45.7 Å². The van der Waals surface area contributed by atoms with Crippen LogP contribution in [-0.4, -0.2) is 21.7 Å². The maximum absolute atomic E-state index is 13.6. The molecule has 0 aliphatic heterocycles. The second-order valence-electron chi connectivity index (χ2n) is 6.89. The SMILES string of the molecule is NC(=O)C(c1ccccc1)N(C(=O)c1ccccc1)C1CCc2ncccc21. The van der Waals surface area contributed by atoms with Crippen LogP contribution in [-0.2, 0) is 11.2 Å². The van der Waals surface area contributed by atoms with Gasteiger partial charge in [0.2, 0.25) is 5.91 Å². The van der Waals surface area contributed by atoms with Crippen LogP contribution < -0.4 is 5.73 Å². The third-order valence-corrected chi connectivity index (χ3v) is 5.19. The Kier molecular flexibility index (Phi) is 4.89. The van der Waals surface area contributed by atoms with Crippen LogP contribution in [0, 0.1) is 0 Å². The third-order valence-electron chi connectivity index (χ3n) is 5.19. The average molecular weight is 371 g/mol. The lowest BCUT2D eigenvalue weighted by Gasteiger charge is -2.35. The molecule has 1 aliphatic rings. The Bertz CT molecular complexity index is 989. The second kappa shape index (κ2) is 7.64. The molecule has 2 amide bonds. The standard InChI is InChI=1S/C23H21N3O2/c24-22(27)21(16-8-3-1-4-9-16)26(23(28)17-10-5-2-6-11-17)20-14-13-19-18(20)12-7-15-25-19/h1-12,15,20-21H,13-14H2,(H2,24,27). The number of carbonyl (C=O) groups is 2. The summed E-state index contributed by atoms with van der Waals surface area (Å²) in [5.41, 5.74) is 9.01. The molecule has 2 aromatic carbocycles. The molecule has 140 valence electrons. The van der Waals surface area contributed by atoms with Gasteiger partial charge >= 0.3 is 0 Å². The predicted octanol–water partition coefficient (Wildman–Crippen LogP) is 3.44. The second-order valence-corrected chi connectivity index (χ2v) is 6.89. The molecule has 1 aliphatic carbocycles. The zero-order valence-corrected chi connectivity index (χ0v) is 15.4. The van der Waals surface area contributed by atoms with E-state index < -0.39 is 11.9 Å². The number of nitrogens with two attached hydrogens (primary N) is 1. The van der Waals surface area contributed by atoms with Gasteiger partial charge in [-0.3, -0.25) is 14.6 Å². The minimum Gasteiger partial charge on any atom is -0.368 e. The van der Waals surface area contributed by atoms with E-state index in [-0.39, 0.29) is 11.9 Å². The maximum atomic E-state index is 13.6. The number of carbonyl (C=O) groups excluding carboxylic acids is 2. The fourth-order valence-electron chi connectivity index (χ4n) is 3.95. The van der Waals surface area contributed by atoms with Gasteiger partial charge in [0, 0.05) is 17.5 Å². The van der Waals surface area contributed by atoms with Gasteiger partial charge in [-0.25, -0.2) is 0 Å². The number of rotatable bonds is 5. The maximum Gasteiger partial charge on any atom is 0.255 e. The average Bonchev–Trinajstić information content (AvgIpc) is 3.16. The number of aromatic nitrogens is 1. The number of nitrogens with zero attached hydrogens (tertiary/aromatic N) is 2. The summed E-state index contributed by atoms with van der Waals surface area (Å²) < 4.78 is 0. The zero-order chi connectivity index (χ0) is 19.5. The quantitative estimate of drug-likeness (QED) is 0.746. The van der Waals surface area contributed by atoms with Crippen LogP contribution >= 0.6 is 0 Å². The minimum absolute atomic E-state index is 0.213. The molecule has 5 nitrogen and oxygen atoms in total. The normalized spacial score (nSPS) is 16.2. The molecular weight excluding hydrogens is 350 g/mol. The molecule has 28 heavy (non-hydrogen) atoms. The van der Waals surface area contributed by atoms with E-state index >= 15 is 0 Å². The minimum atomic E-state index is -0.856. The molecule has 1 heterocycles. The van der Waals surface area contributed by atoms with Gasteiger partial charge in [0.25, 0.3) is 5.91 Å². The van der Waals surface area contributed by atoms with Crippen molar-refractivity contribution in [3.8, 4) is 0 Å². The van der Waals surface area contributed by atoms with Gasteiger partial charge in [-0.05, 0) is 42.2 Å². The van der Waals surface area contributed by atoms with E-state index in [0.717, 1.165) is 17.7 Å². The fourth-order valence-corrected chi connectivity index (χ4v) is 3.95. The molecule has 0 spiro atoms. The molecule has 2 N–H and O–H groups in total. The first-order valence-corrected chi connectivity index (χ1v) is 9.32. The van der Waals surface area contributed by atoms with E-state index in [1.54, 1.807) is 23.2 Å². The van der Waals surface area contributed by atoms with Crippen LogP contribution in [0.3, 0.4) is 0 Å². The Labute approximate surface area is 163 Å². The molecular formula is C23H21N3O2. The summed E-state index contributed by atoms with van der Waals surface area (Å²) in [6.45, 7) is 0. The number of aryl methyl sites for hydroxylation is 1. The van der Waals surface area contributed by atoms with E-state index in [2.05, 4.69) is 4.98 Å². The van der Waals surface area contributed by atoms with Crippen molar-refractivity contribution in [1.29, 1.82) is 0 Å². The van der Waals surface area contributed by atoms with E-state index in [0.29, 0.717) is 17.5 Å². The van der Waals surface area contributed by atoms with Crippen molar-refractivity contribution < 1.29 is 9.59 Å². The van der Waals surface area contributed by atoms with Crippen molar-refractivity contribution in [3.63, 3.8) is 0 Å². The van der Waals surface area contributed by atoms with E-state index in [4.69, 9.17) is 5.73 Å². The van der Waals surface area contributed by atoms with Gasteiger partial charge in [0.05, 0.1) is 6.04 Å². The Morgan fingerprint density at radius 2 is 1.64 bits per heavy atom. The number of hydrogen-bond donors (Lipinski definition) is 1. The first-order valence-electron chi connectivity index (χ1n) is 9.32. The van der Waals surface area contributed by atoms with Crippen molar-refractivity contribution in [2.45, 2.75) is 24.9 Å². The van der Waals surface area contributed by atoms with Gasteiger partial charge in [-0.2, -0.15) is 0 Å². The summed E-state index contributed by atoms with van der Waals surface area (Å²) in [7, 11) is 0. The lowest BCUT2D eigenvalue weighted by atomic mass is 9.98. The number of pyridine rings is 1. The summed E-state index contributed by atoms with van der Waals surface area (Å²) in [6.07, 6.45) is 3.23. The molecule has 5 heteroatoms. The molecule has 0 radical (unpaired) electrons. The lowest BCUT2D eigenvalue weighted by Crippen LogP contribution is -2.43. The number of benzene rings is 2. The predicted molar refractivity (Wildman–Crippen MR) is 106 cm³/mol. The first-order chi connectivity index (χ1) is 13.7. The largest absolute Gasteiger partial charge is 0.368 e. The topological polar surface area (TPSA) is 76.3 Å². The number of primary amides is 1. The summed E-state index contributed by atoms with van der Waals surface area (Å²) in [5.74, 6) is -0.761. The van der Waals surface area contributed by atoms with Crippen molar-refractivity contribution in [2.24, 2.45) is 5.73 Å². The highest BCUT2D eigenvalue weighted by molar-refractivity contribution is 5.98. The van der Waals surface area contributed by atoms with Crippen molar-refractivity contribution >= 4 is 11.8 Å². The molecule has 0 fully saturated rings. The summed E-state index contributed by atoms with van der Waals surface area (Å²) in [6, 6.07) is 21.0. The zero-order valence-electron chi connectivity index (χ0n) is 15.4. The number of amides is 2. The molecule has 0 saturated heterocycles. The van der Waals surface area contributed by atoms with Gasteiger partial charge in [-0.1, -0.05) is 54.6 Å². The van der Waals surface area contributed by atoms with Crippen LogP contribution in [0.4, 0.5) is 0 Å². The molecule has 3 aromatic rings. The van der Waals surface area contributed by atoms with Crippen LogP contribution in [0.15, 0.2) is 79.0 Å². The molecule has 0 bridgehead atoms. The van der Waals surface area contributed by atoms with Crippen molar-refractivity contribution in [1.82, 2.24) is 9.88 Å². The highest BCUT2D eigenvalue weighted by Gasteiger charge is 2.39. The van der Waals surface area contributed by atoms with Gasteiger partial charge in [0.15, 0.2) is 0 Å². The number of fused-ring (bicyclic) bond motifs is 1. The third kappa shape index (κ3) is 3.27. The molecule has 2 unspecified atom stereocenters.